The molecule has 0 fully saturated rings. The van der Waals surface area contributed by atoms with Gasteiger partial charge in [-0.25, -0.2) is 4.79 Å². The normalized spacial score (nSPS) is 17.1. The van der Waals surface area contributed by atoms with Gasteiger partial charge in [-0.3, -0.25) is 14.4 Å². The summed E-state index contributed by atoms with van der Waals surface area (Å²) in [6.07, 6.45) is 0. The van der Waals surface area contributed by atoms with E-state index < -0.39 is 29.7 Å². The molecule has 0 aliphatic carbocycles. The Morgan fingerprint density at radius 2 is 1.74 bits per heavy atom. The molecule has 0 bridgehead atoms. The fourth-order valence-electron chi connectivity index (χ4n) is 3.49. The summed E-state index contributed by atoms with van der Waals surface area (Å²) in [6, 6.07) is 14.6. The van der Waals surface area contributed by atoms with Crippen molar-refractivity contribution in [3.05, 3.63) is 75.3 Å². The Morgan fingerprint density at radius 1 is 1.09 bits per heavy atom. The van der Waals surface area contributed by atoms with E-state index >= 15 is 0 Å². The minimum absolute atomic E-state index is 0.0927. The Labute approximate surface area is 210 Å². The molecular formula is C24H20ClN3O6S. The monoisotopic (exact) mass is 513 g/mol. The van der Waals surface area contributed by atoms with Crippen LogP contribution in [-0.2, 0) is 23.9 Å². The summed E-state index contributed by atoms with van der Waals surface area (Å²) >= 11 is 6.80. The van der Waals surface area contributed by atoms with Gasteiger partial charge in [0.25, 0.3) is 0 Å². The van der Waals surface area contributed by atoms with Gasteiger partial charge in [-0.1, -0.05) is 35.5 Å². The number of amides is 2. The molecule has 0 spiro atoms. The Bertz CT molecular complexity index is 1220. The van der Waals surface area contributed by atoms with Crippen molar-refractivity contribution in [1.82, 2.24) is 5.32 Å². The van der Waals surface area contributed by atoms with Gasteiger partial charge in [-0.15, -0.1) is 0 Å². The maximum atomic E-state index is 12.9. The van der Waals surface area contributed by atoms with E-state index in [2.05, 4.69) is 16.7 Å². The van der Waals surface area contributed by atoms with Crippen LogP contribution in [0.2, 0.25) is 5.02 Å². The molecular weight excluding hydrogens is 494 g/mol. The number of methoxy groups -OCH3 is 2. The van der Waals surface area contributed by atoms with Crippen LogP contribution in [0.15, 0.2) is 59.1 Å². The highest BCUT2D eigenvalue weighted by Gasteiger charge is 2.44. The largest absolute Gasteiger partial charge is 0.468 e. The minimum atomic E-state index is -1.33. The fourth-order valence-corrected chi connectivity index (χ4v) is 4.47. The van der Waals surface area contributed by atoms with E-state index in [9.17, 15) is 24.4 Å². The van der Waals surface area contributed by atoms with Crippen molar-refractivity contribution >= 4 is 52.8 Å². The van der Waals surface area contributed by atoms with E-state index in [-0.39, 0.29) is 27.8 Å². The zero-order valence-electron chi connectivity index (χ0n) is 18.7. The van der Waals surface area contributed by atoms with Crippen molar-refractivity contribution in [1.29, 1.82) is 5.26 Å². The second-order valence-electron chi connectivity index (χ2n) is 7.28. The number of benzene rings is 2. The molecule has 0 radical (unpaired) electrons. The molecule has 2 aromatic carbocycles. The second kappa shape index (κ2) is 11.6. The van der Waals surface area contributed by atoms with Crippen LogP contribution in [0.5, 0.6) is 0 Å². The molecule has 2 atom stereocenters. The Morgan fingerprint density at radius 3 is 2.31 bits per heavy atom. The summed E-state index contributed by atoms with van der Waals surface area (Å²) in [5.74, 6) is -4.83. The molecule has 3 rings (SSSR count). The number of nitrogens with zero attached hydrogens (tertiary/aromatic N) is 1. The summed E-state index contributed by atoms with van der Waals surface area (Å²) in [6.45, 7) is 0. The van der Waals surface area contributed by atoms with Crippen LogP contribution >= 0.6 is 23.4 Å². The van der Waals surface area contributed by atoms with Gasteiger partial charge in [0.15, 0.2) is 0 Å². The van der Waals surface area contributed by atoms with E-state index in [0.717, 1.165) is 18.9 Å². The Kier molecular flexibility index (Phi) is 8.52. The smallest absolute Gasteiger partial charge is 0.337 e. The third-order valence-electron chi connectivity index (χ3n) is 5.15. The molecule has 2 N–H and O–H groups in total. The SMILES string of the molecule is COC(=O)c1ccc([C@H]2C(C#N)=C(SCC(=O)Nc3ccc(Cl)cc3)NC(=O)[C@@H]2C(=O)OC)cc1. The number of carbonyl (C=O) groups excluding carboxylic acids is 4. The Balaban J connectivity index is 1.90. The first-order valence-electron chi connectivity index (χ1n) is 10.2. The number of carbonyl (C=O) groups is 4. The minimum Gasteiger partial charge on any atom is -0.468 e. The maximum Gasteiger partial charge on any atom is 0.337 e. The van der Waals surface area contributed by atoms with E-state index in [1.807, 2.05) is 0 Å². The predicted molar refractivity (Wildman–Crippen MR) is 129 cm³/mol. The lowest BCUT2D eigenvalue weighted by molar-refractivity contribution is -0.150. The first kappa shape index (κ1) is 25.8. The van der Waals surface area contributed by atoms with Gasteiger partial charge in [0.2, 0.25) is 11.8 Å². The van der Waals surface area contributed by atoms with E-state index in [0.29, 0.717) is 16.3 Å². The molecule has 0 saturated carbocycles. The Hall–Kier alpha value is -3.81. The molecule has 0 unspecified atom stereocenters. The number of nitrogens with one attached hydrogen (secondary N) is 2. The van der Waals surface area contributed by atoms with Crippen molar-refractivity contribution in [2.75, 3.05) is 25.3 Å². The molecule has 35 heavy (non-hydrogen) atoms. The van der Waals surface area contributed by atoms with Gasteiger partial charge in [0, 0.05) is 16.6 Å². The van der Waals surface area contributed by atoms with Crippen molar-refractivity contribution in [2.45, 2.75) is 5.92 Å². The van der Waals surface area contributed by atoms with Crippen LogP contribution in [0.4, 0.5) is 5.69 Å². The van der Waals surface area contributed by atoms with Gasteiger partial charge in [0.1, 0.15) is 5.92 Å². The molecule has 1 heterocycles. The number of allylic oxidation sites excluding steroid dienone is 1. The molecule has 1 aliphatic rings. The van der Waals surface area contributed by atoms with Crippen molar-refractivity contribution in [3.8, 4) is 6.07 Å². The summed E-state index contributed by atoms with van der Waals surface area (Å²) in [7, 11) is 2.40. The standard InChI is InChI=1S/C24H20ClN3O6S/c1-33-23(31)14-5-3-13(4-6-14)19-17(11-26)22(28-21(30)20(19)24(32)34-2)35-12-18(29)27-16-9-7-15(25)8-10-16/h3-10,19-20H,12H2,1-2H3,(H,27,29)(H,28,30)/t19-,20+/m0/s1. The third-order valence-corrected chi connectivity index (χ3v) is 6.42. The zero-order valence-corrected chi connectivity index (χ0v) is 20.2. The average Bonchev–Trinajstić information content (AvgIpc) is 2.87. The van der Waals surface area contributed by atoms with Crippen molar-refractivity contribution in [2.24, 2.45) is 5.92 Å². The molecule has 0 aromatic heterocycles. The topological polar surface area (TPSA) is 135 Å². The van der Waals surface area contributed by atoms with Gasteiger partial charge in [0.05, 0.1) is 42.2 Å². The molecule has 2 amide bonds. The van der Waals surface area contributed by atoms with E-state index in [1.54, 1.807) is 36.4 Å². The number of anilines is 1. The molecule has 180 valence electrons. The van der Waals surface area contributed by atoms with Crippen molar-refractivity contribution in [3.63, 3.8) is 0 Å². The first-order valence-corrected chi connectivity index (χ1v) is 11.5. The lowest BCUT2D eigenvalue weighted by atomic mass is 9.78. The van der Waals surface area contributed by atoms with Crippen LogP contribution in [0.3, 0.4) is 0 Å². The molecule has 1 aliphatic heterocycles. The van der Waals surface area contributed by atoms with Gasteiger partial charge < -0.3 is 20.1 Å². The highest BCUT2D eigenvalue weighted by molar-refractivity contribution is 8.03. The van der Waals surface area contributed by atoms with Crippen molar-refractivity contribution < 1.29 is 28.7 Å². The lowest BCUT2D eigenvalue weighted by Crippen LogP contribution is -2.44. The van der Waals surface area contributed by atoms with Gasteiger partial charge >= 0.3 is 11.9 Å². The van der Waals surface area contributed by atoms with Crippen LogP contribution in [-0.4, -0.2) is 43.7 Å². The van der Waals surface area contributed by atoms with Crippen LogP contribution in [0.25, 0.3) is 0 Å². The zero-order chi connectivity index (χ0) is 25.5. The number of rotatable bonds is 7. The van der Waals surface area contributed by atoms with E-state index in [1.165, 1.54) is 19.2 Å². The second-order valence-corrected chi connectivity index (χ2v) is 8.70. The van der Waals surface area contributed by atoms with E-state index in [4.69, 9.17) is 21.1 Å². The summed E-state index contributed by atoms with van der Waals surface area (Å²) < 4.78 is 9.50. The number of halogens is 1. The fraction of sp³-hybridized carbons (Fsp3) is 0.208. The number of thioether (sulfide) groups is 1. The number of ether oxygens (including phenoxy) is 2. The maximum absolute atomic E-state index is 12.9. The molecule has 9 nitrogen and oxygen atoms in total. The first-order chi connectivity index (χ1) is 16.8. The summed E-state index contributed by atoms with van der Waals surface area (Å²) in [5, 5.41) is 15.9. The molecule has 11 heteroatoms. The lowest BCUT2D eigenvalue weighted by Gasteiger charge is -2.31. The predicted octanol–water partition coefficient (Wildman–Crippen LogP) is 3.24. The highest BCUT2D eigenvalue weighted by Crippen LogP contribution is 2.40. The summed E-state index contributed by atoms with van der Waals surface area (Å²) in [4.78, 5) is 49.5. The van der Waals surface area contributed by atoms with Gasteiger partial charge in [-0.2, -0.15) is 5.26 Å². The number of hydrogen-bond donors (Lipinski definition) is 2. The van der Waals surface area contributed by atoms with Crippen LogP contribution in [0, 0.1) is 17.2 Å². The molecule has 0 saturated heterocycles. The number of esters is 2. The average molecular weight is 514 g/mol. The summed E-state index contributed by atoms with van der Waals surface area (Å²) in [5.41, 5.74) is 1.34. The number of hydrogen-bond acceptors (Lipinski definition) is 8. The third kappa shape index (κ3) is 6.01. The number of nitriles is 1. The van der Waals surface area contributed by atoms with Gasteiger partial charge in [-0.05, 0) is 42.0 Å². The quantitative estimate of drug-likeness (QED) is 0.425. The molecule has 2 aromatic rings. The highest BCUT2D eigenvalue weighted by atomic mass is 35.5. The van der Waals surface area contributed by atoms with Crippen LogP contribution < -0.4 is 10.6 Å². The van der Waals surface area contributed by atoms with Crippen LogP contribution in [0.1, 0.15) is 21.8 Å².